The molecule has 0 saturated heterocycles. The molecule has 1 heterocycles. The summed E-state index contributed by atoms with van der Waals surface area (Å²) in [4.78, 5) is 3.29. The molecule has 3 rings (SSSR count). The van der Waals surface area contributed by atoms with Gasteiger partial charge in [-0.25, -0.2) is 0 Å². The molecular weight excluding hydrogens is 268 g/mol. The number of aromatic nitrogens is 2. The SMILES string of the molecule is CCOc1cccc2c1[nH]c(=S)n2CCC1=CCCC1. The molecule has 0 saturated carbocycles. The van der Waals surface area contributed by atoms with Crippen molar-refractivity contribution in [1.29, 1.82) is 0 Å². The van der Waals surface area contributed by atoms with E-state index < -0.39 is 0 Å². The van der Waals surface area contributed by atoms with Crippen LogP contribution >= 0.6 is 12.2 Å². The summed E-state index contributed by atoms with van der Waals surface area (Å²) in [6.45, 7) is 3.61. The highest BCUT2D eigenvalue weighted by atomic mass is 32.1. The van der Waals surface area contributed by atoms with Crippen LogP contribution in [0.4, 0.5) is 0 Å². The Morgan fingerprint density at radius 3 is 3.05 bits per heavy atom. The minimum atomic E-state index is 0.664. The number of aromatic amines is 1. The van der Waals surface area contributed by atoms with Crippen LogP contribution in [0.3, 0.4) is 0 Å². The van der Waals surface area contributed by atoms with E-state index in [1.54, 1.807) is 5.57 Å². The van der Waals surface area contributed by atoms with Crippen LogP contribution in [0.15, 0.2) is 29.8 Å². The van der Waals surface area contributed by atoms with E-state index in [1.807, 2.05) is 19.1 Å². The average molecular weight is 288 g/mol. The number of H-pyrrole nitrogens is 1. The summed E-state index contributed by atoms with van der Waals surface area (Å²) in [6.07, 6.45) is 7.27. The van der Waals surface area contributed by atoms with Gasteiger partial charge in [-0.2, -0.15) is 0 Å². The largest absolute Gasteiger partial charge is 0.492 e. The van der Waals surface area contributed by atoms with Gasteiger partial charge in [-0.15, -0.1) is 0 Å². The van der Waals surface area contributed by atoms with Crippen LogP contribution in [0.5, 0.6) is 5.75 Å². The van der Waals surface area contributed by atoms with Gasteiger partial charge < -0.3 is 14.3 Å². The third-order valence-electron chi connectivity index (χ3n) is 3.86. The van der Waals surface area contributed by atoms with Crippen molar-refractivity contribution >= 4 is 23.3 Å². The van der Waals surface area contributed by atoms with Crippen molar-refractivity contribution in [3.05, 3.63) is 34.6 Å². The lowest BCUT2D eigenvalue weighted by molar-refractivity contribution is 0.343. The standard InChI is InChI=1S/C16H20N2OS/c1-2-19-14-9-5-8-13-15(14)17-16(20)18(13)11-10-12-6-3-4-7-12/h5-6,8-9H,2-4,7,10-11H2,1H3,(H,17,20). The maximum atomic E-state index is 5.66. The first-order valence-electron chi connectivity index (χ1n) is 7.32. The first kappa shape index (κ1) is 13.4. The number of benzene rings is 1. The van der Waals surface area contributed by atoms with Gasteiger partial charge in [0, 0.05) is 6.54 Å². The van der Waals surface area contributed by atoms with Gasteiger partial charge in [-0.1, -0.05) is 17.7 Å². The lowest BCUT2D eigenvalue weighted by atomic mass is 10.1. The summed E-state index contributed by atoms with van der Waals surface area (Å²) in [5.74, 6) is 0.884. The molecule has 0 fully saturated rings. The molecule has 106 valence electrons. The van der Waals surface area contributed by atoms with Gasteiger partial charge in [0.25, 0.3) is 0 Å². The summed E-state index contributed by atoms with van der Waals surface area (Å²) in [6, 6.07) is 6.12. The number of hydrogen-bond donors (Lipinski definition) is 1. The van der Waals surface area contributed by atoms with E-state index in [0.717, 1.165) is 34.5 Å². The van der Waals surface area contributed by atoms with Crippen molar-refractivity contribution < 1.29 is 4.74 Å². The molecule has 2 aromatic rings. The Bertz CT molecular complexity index is 696. The minimum Gasteiger partial charge on any atom is -0.492 e. The zero-order chi connectivity index (χ0) is 13.9. The smallest absolute Gasteiger partial charge is 0.178 e. The molecule has 1 aliphatic carbocycles. The summed E-state index contributed by atoms with van der Waals surface area (Å²) in [5, 5.41) is 0. The Labute approximate surface area is 124 Å². The van der Waals surface area contributed by atoms with Gasteiger partial charge in [0.2, 0.25) is 0 Å². The Hall–Kier alpha value is -1.55. The number of allylic oxidation sites excluding steroid dienone is 2. The molecule has 1 aliphatic rings. The molecule has 0 spiro atoms. The predicted molar refractivity (Wildman–Crippen MR) is 84.8 cm³/mol. The van der Waals surface area contributed by atoms with Gasteiger partial charge in [0.15, 0.2) is 4.77 Å². The quantitative estimate of drug-likeness (QED) is 0.644. The van der Waals surface area contributed by atoms with Crippen LogP contribution in [0.25, 0.3) is 11.0 Å². The number of aryl methyl sites for hydroxylation is 1. The topological polar surface area (TPSA) is 29.9 Å². The second-order valence-electron chi connectivity index (χ2n) is 5.17. The molecule has 0 atom stereocenters. The van der Waals surface area contributed by atoms with Crippen molar-refractivity contribution in [2.45, 2.75) is 39.2 Å². The summed E-state index contributed by atoms with van der Waals surface area (Å²) < 4.78 is 8.63. The molecule has 1 aromatic carbocycles. The number of fused-ring (bicyclic) bond motifs is 1. The van der Waals surface area contributed by atoms with Crippen molar-refractivity contribution in [2.24, 2.45) is 0 Å². The molecule has 1 N–H and O–H groups in total. The highest BCUT2D eigenvalue weighted by Crippen LogP contribution is 2.27. The first-order chi connectivity index (χ1) is 9.79. The van der Waals surface area contributed by atoms with Crippen LogP contribution in [-0.4, -0.2) is 16.2 Å². The Morgan fingerprint density at radius 1 is 1.40 bits per heavy atom. The molecule has 0 radical (unpaired) electrons. The van der Waals surface area contributed by atoms with Gasteiger partial charge in [0.1, 0.15) is 11.3 Å². The normalized spacial score (nSPS) is 14.8. The minimum absolute atomic E-state index is 0.664. The molecule has 3 nitrogen and oxygen atoms in total. The average Bonchev–Trinajstić information content (AvgIpc) is 3.05. The maximum absolute atomic E-state index is 5.66. The number of hydrogen-bond acceptors (Lipinski definition) is 2. The third kappa shape index (κ3) is 2.52. The first-order valence-corrected chi connectivity index (χ1v) is 7.72. The molecule has 4 heteroatoms. The van der Waals surface area contributed by atoms with Crippen LogP contribution < -0.4 is 4.74 Å². The zero-order valence-electron chi connectivity index (χ0n) is 11.8. The van der Waals surface area contributed by atoms with Gasteiger partial charge in [-0.05, 0) is 57.0 Å². The predicted octanol–water partition coefficient (Wildman–Crippen LogP) is 4.60. The van der Waals surface area contributed by atoms with Crippen molar-refractivity contribution in [3.63, 3.8) is 0 Å². The van der Waals surface area contributed by atoms with Gasteiger partial charge in [-0.3, -0.25) is 0 Å². The van der Waals surface area contributed by atoms with Crippen LogP contribution in [0.2, 0.25) is 0 Å². The Balaban J connectivity index is 1.92. The molecule has 0 amide bonds. The molecule has 0 unspecified atom stereocenters. The summed E-state index contributed by atoms with van der Waals surface area (Å²) >= 11 is 5.47. The van der Waals surface area contributed by atoms with E-state index in [0.29, 0.717) is 6.61 Å². The van der Waals surface area contributed by atoms with E-state index in [1.165, 1.54) is 19.3 Å². The monoisotopic (exact) mass is 288 g/mol. The van der Waals surface area contributed by atoms with Crippen molar-refractivity contribution in [2.75, 3.05) is 6.61 Å². The Morgan fingerprint density at radius 2 is 2.30 bits per heavy atom. The fraction of sp³-hybridized carbons (Fsp3) is 0.438. The lowest BCUT2D eigenvalue weighted by Gasteiger charge is -2.07. The number of imidazole rings is 1. The molecule has 20 heavy (non-hydrogen) atoms. The van der Waals surface area contributed by atoms with Gasteiger partial charge in [0.05, 0.1) is 12.1 Å². The van der Waals surface area contributed by atoms with Crippen LogP contribution in [-0.2, 0) is 6.54 Å². The van der Waals surface area contributed by atoms with Crippen molar-refractivity contribution in [3.8, 4) is 5.75 Å². The van der Waals surface area contributed by atoms with E-state index in [2.05, 4.69) is 21.7 Å². The maximum Gasteiger partial charge on any atom is 0.178 e. The second kappa shape index (κ2) is 5.83. The third-order valence-corrected chi connectivity index (χ3v) is 4.19. The number of nitrogens with one attached hydrogen (secondary N) is 1. The van der Waals surface area contributed by atoms with Crippen molar-refractivity contribution in [1.82, 2.24) is 9.55 Å². The summed E-state index contributed by atoms with van der Waals surface area (Å²) in [5.41, 5.74) is 3.72. The molecule has 0 aliphatic heterocycles. The van der Waals surface area contributed by atoms with E-state index in [4.69, 9.17) is 17.0 Å². The van der Waals surface area contributed by atoms with Crippen LogP contribution in [0.1, 0.15) is 32.6 Å². The number of rotatable bonds is 5. The van der Waals surface area contributed by atoms with E-state index in [9.17, 15) is 0 Å². The second-order valence-corrected chi connectivity index (χ2v) is 5.56. The number of ether oxygens (including phenoxy) is 1. The number of para-hydroxylation sites is 1. The van der Waals surface area contributed by atoms with E-state index in [-0.39, 0.29) is 0 Å². The van der Waals surface area contributed by atoms with Crippen LogP contribution in [0, 0.1) is 4.77 Å². The highest BCUT2D eigenvalue weighted by molar-refractivity contribution is 7.71. The zero-order valence-corrected chi connectivity index (χ0v) is 12.6. The van der Waals surface area contributed by atoms with E-state index >= 15 is 0 Å². The molecule has 0 bridgehead atoms. The highest BCUT2D eigenvalue weighted by Gasteiger charge is 2.10. The fourth-order valence-corrected chi connectivity index (χ4v) is 3.16. The number of nitrogens with zero attached hydrogens (tertiary/aromatic N) is 1. The summed E-state index contributed by atoms with van der Waals surface area (Å²) in [7, 11) is 0. The fourth-order valence-electron chi connectivity index (χ4n) is 2.87. The molecular formula is C16H20N2OS. The molecule has 1 aromatic heterocycles. The Kier molecular flexibility index (Phi) is 3.92. The lowest BCUT2D eigenvalue weighted by Crippen LogP contribution is -1.99. The van der Waals surface area contributed by atoms with Gasteiger partial charge >= 0.3 is 0 Å².